The number of nitrogens with one attached hydrogen (secondary N) is 1. The summed E-state index contributed by atoms with van der Waals surface area (Å²) in [6, 6.07) is 17.1. The number of fused-ring (bicyclic) bond motifs is 1. The van der Waals surface area contributed by atoms with Gasteiger partial charge in [0.15, 0.2) is 0 Å². The number of anilines is 2. The van der Waals surface area contributed by atoms with Gasteiger partial charge in [-0.05, 0) is 49.2 Å². The molecule has 0 bridgehead atoms. The Morgan fingerprint density at radius 3 is 2.70 bits per heavy atom. The van der Waals surface area contributed by atoms with Crippen LogP contribution in [0.25, 0.3) is 5.70 Å². The zero-order valence-corrected chi connectivity index (χ0v) is 19.7. The number of nitrogens with zero attached hydrogens (tertiary/aromatic N) is 2. The van der Waals surface area contributed by atoms with E-state index >= 15 is 0 Å². The molecule has 1 aliphatic heterocycles. The molecule has 2 aromatic carbocycles. The Morgan fingerprint density at radius 1 is 1.12 bits per heavy atom. The van der Waals surface area contributed by atoms with Gasteiger partial charge in [0.25, 0.3) is 5.56 Å². The molecule has 0 amide bonds. The third kappa shape index (κ3) is 4.92. The van der Waals surface area contributed by atoms with Crippen LogP contribution in [0.15, 0.2) is 66.0 Å². The largest absolute Gasteiger partial charge is 0.497 e. The minimum absolute atomic E-state index is 0.0589. The van der Waals surface area contributed by atoms with Gasteiger partial charge in [-0.3, -0.25) is 15.2 Å². The molecule has 0 spiro atoms. The Labute approximate surface area is 199 Å². The van der Waals surface area contributed by atoms with Crippen LogP contribution in [0.4, 0.5) is 11.4 Å². The van der Waals surface area contributed by atoms with E-state index in [0.29, 0.717) is 31.2 Å². The summed E-state index contributed by atoms with van der Waals surface area (Å²) in [5.74, 6) is 0.780. The zero-order valence-electron chi connectivity index (χ0n) is 18.9. The lowest BCUT2D eigenvalue weighted by Crippen LogP contribution is -2.25. The number of methoxy groups -OCH3 is 1. The van der Waals surface area contributed by atoms with Gasteiger partial charge < -0.3 is 14.0 Å². The molecule has 1 aliphatic rings. The molecule has 0 saturated heterocycles. The number of aromatic nitrogens is 1. The van der Waals surface area contributed by atoms with Crippen LogP contribution < -0.4 is 20.7 Å². The number of pyridine rings is 1. The minimum Gasteiger partial charge on any atom is -0.497 e. The first-order valence-electron chi connectivity index (χ1n) is 11.0. The lowest BCUT2D eigenvalue weighted by atomic mass is 10.0. The van der Waals surface area contributed by atoms with E-state index in [1.54, 1.807) is 13.2 Å². The molecule has 4 rings (SSSR count). The van der Waals surface area contributed by atoms with E-state index in [1.807, 2.05) is 65.0 Å². The van der Waals surface area contributed by atoms with Crippen molar-refractivity contribution in [2.24, 2.45) is 0 Å². The maximum atomic E-state index is 13.2. The molecule has 1 aromatic heterocycles. The third-order valence-corrected chi connectivity index (χ3v) is 5.89. The molecule has 33 heavy (non-hydrogen) atoms. The highest BCUT2D eigenvalue weighted by molar-refractivity contribution is 6.30. The fraction of sp³-hybridized carbons (Fsp3) is 0.269. The van der Waals surface area contributed by atoms with Gasteiger partial charge in [-0.25, -0.2) is 0 Å². The summed E-state index contributed by atoms with van der Waals surface area (Å²) < 4.78 is 12.7. The second-order valence-corrected chi connectivity index (χ2v) is 8.26. The van der Waals surface area contributed by atoms with Gasteiger partial charge in [-0.15, -0.1) is 0 Å². The van der Waals surface area contributed by atoms with Crippen LogP contribution >= 0.6 is 11.6 Å². The van der Waals surface area contributed by atoms with Gasteiger partial charge in [0, 0.05) is 48.5 Å². The average molecular weight is 466 g/mol. The number of benzene rings is 2. The first kappa shape index (κ1) is 23.0. The first-order chi connectivity index (χ1) is 16.0. The zero-order chi connectivity index (χ0) is 23.4. The van der Waals surface area contributed by atoms with Crippen molar-refractivity contribution in [2.45, 2.75) is 26.3 Å². The highest BCUT2D eigenvalue weighted by Gasteiger charge is 2.29. The summed E-state index contributed by atoms with van der Waals surface area (Å²) in [5, 5.41) is 2.50. The molecule has 0 radical (unpaired) electrons. The van der Waals surface area contributed by atoms with Crippen molar-refractivity contribution in [1.29, 1.82) is 0 Å². The maximum Gasteiger partial charge on any atom is 0.252 e. The second-order valence-electron chi connectivity index (χ2n) is 7.82. The van der Waals surface area contributed by atoms with Crippen molar-refractivity contribution in [3.05, 3.63) is 93.4 Å². The van der Waals surface area contributed by atoms with Crippen LogP contribution in [-0.4, -0.2) is 24.9 Å². The van der Waals surface area contributed by atoms with Crippen LogP contribution in [0.3, 0.4) is 0 Å². The molecule has 172 valence electrons. The van der Waals surface area contributed by atoms with Crippen molar-refractivity contribution >= 4 is 28.7 Å². The standard InChI is InChI=1S/C26H28ClN3O3/c1-4-33-13-7-12-29-24(15-19-8-5-11-22(14-19)32-3)26-18(2)30(28-23(26)17-25(29)31)21-10-6-9-20(27)16-21/h5-6,8-11,14,16-17,28H,2,4,7,12-13,15H2,1,3H3. The molecule has 0 unspecified atom stereocenters. The lowest BCUT2D eigenvalue weighted by Gasteiger charge is -2.20. The molecule has 0 atom stereocenters. The van der Waals surface area contributed by atoms with Crippen LogP contribution in [0.5, 0.6) is 5.75 Å². The highest BCUT2D eigenvalue weighted by atomic mass is 35.5. The van der Waals surface area contributed by atoms with E-state index in [0.717, 1.165) is 46.1 Å². The topological polar surface area (TPSA) is 55.7 Å². The van der Waals surface area contributed by atoms with E-state index in [2.05, 4.69) is 12.0 Å². The van der Waals surface area contributed by atoms with E-state index in [9.17, 15) is 4.79 Å². The average Bonchev–Trinajstić information content (AvgIpc) is 3.14. The van der Waals surface area contributed by atoms with Crippen molar-refractivity contribution in [1.82, 2.24) is 4.57 Å². The summed E-state index contributed by atoms with van der Waals surface area (Å²) in [6.45, 7) is 8.15. The molecule has 6 nitrogen and oxygen atoms in total. The Bertz CT molecular complexity index is 1220. The molecule has 0 aliphatic carbocycles. The van der Waals surface area contributed by atoms with E-state index < -0.39 is 0 Å². The predicted molar refractivity (Wildman–Crippen MR) is 134 cm³/mol. The lowest BCUT2D eigenvalue weighted by molar-refractivity contribution is 0.141. The Balaban J connectivity index is 1.77. The SMILES string of the molecule is C=C1c2c(cc(=O)n(CCCOCC)c2Cc2cccc(OC)c2)NN1c1cccc(Cl)c1. The van der Waals surface area contributed by atoms with E-state index in [4.69, 9.17) is 21.1 Å². The Morgan fingerprint density at radius 2 is 1.94 bits per heavy atom. The Hall–Kier alpha value is -3.22. The van der Waals surface area contributed by atoms with Gasteiger partial charge in [-0.2, -0.15) is 0 Å². The molecule has 2 heterocycles. The molecule has 0 fully saturated rings. The van der Waals surface area contributed by atoms with Crippen LogP contribution in [0.2, 0.25) is 5.02 Å². The normalized spacial score (nSPS) is 12.6. The van der Waals surface area contributed by atoms with Gasteiger partial charge >= 0.3 is 0 Å². The second kappa shape index (κ2) is 10.1. The predicted octanol–water partition coefficient (Wildman–Crippen LogP) is 5.35. The molecule has 3 aromatic rings. The highest BCUT2D eigenvalue weighted by Crippen LogP contribution is 2.39. The molecule has 1 N–H and O–H groups in total. The number of hydrazine groups is 1. The monoisotopic (exact) mass is 465 g/mol. The van der Waals surface area contributed by atoms with E-state index in [1.165, 1.54) is 0 Å². The number of halogens is 1. The first-order valence-corrected chi connectivity index (χ1v) is 11.4. The fourth-order valence-electron chi connectivity index (χ4n) is 4.12. The summed E-state index contributed by atoms with van der Waals surface area (Å²) in [5.41, 5.74) is 8.52. The van der Waals surface area contributed by atoms with Crippen molar-refractivity contribution in [3.63, 3.8) is 0 Å². The van der Waals surface area contributed by atoms with E-state index in [-0.39, 0.29) is 5.56 Å². The smallest absolute Gasteiger partial charge is 0.252 e. The van der Waals surface area contributed by atoms with Crippen LogP contribution in [0, 0.1) is 0 Å². The summed E-state index contributed by atoms with van der Waals surface area (Å²) in [7, 11) is 1.65. The third-order valence-electron chi connectivity index (χ3n) is 5.65. The van der Waals surface area contributed by atoms with Gasteiger partial charge in [-0.1, -0.05) is 36.4 Å². The fourth-order valence-corrected chi connectivity index (χ4v) is 4.30. The van der Waals surface area contributed by atoms with Gasteiger partial charge in [0.05, 0.1) is 24.2 Å². The van der Waals surface area contributed by atoms with Gasteiger partial charge in [0.1, 0.15) is 5.75 Å². The summed E-state index contributed by atoms with van der Waals surface area (Å²) in [4.78, 5) is 13.2. The van der Waals surface area contributed by atoms with Crippen LogP contribution in [0.1, 0.15) is 30.2 Å². The number of rotatable bonds is 9. The summed E-state index contributed by atoms with van der Waals surface area (Å²) in [6.07, 6.45) is 1.31. The van der Waals surface area contributed by atoms with Crippen molar-refractivity contribution in [2.75, 3.05) is 30.8 Å². The number of hydrogen-bond acceptors (Lipinski definition) is 5. The van der Waals surface area contributed by atoms with Gasteiger partial charge in [0.2, 0.25) is 0 Å². The quantitative estimate of drug-likeness (QED) is 0.432. The Kier molecular flexibility index (Phi) is 7.06. The minimum atomic E-state index is -0.0589. The van der Waals surface area contributed by atoms with Crippen molar-refractivity contribution < 1.29 is 9.47 Å². The van der Waals surface area contributed by atoms with Crippen molar-refractivity contribution in [3.8, 4) is 5.75 Å². The maximum absolute atomic E-state index is 13.2. The molecule has 0 saturated carbocycles. The number of ether oxygens (including phenoxy) is 2. The molecule has 7 heteroatoms. The molecular formula is C26H28ClN3O3. The summed E-state index contributed by atoms with van der Waals surface area (Å²) >= 11 is 6.22. The van der Waals surface area contributed by atoms with Crippen LogP contribution in [-0.2, 0) is 17.7 Å². The molecular weight excluding hydrogens is 438 g/mol. The number of hydrogen-bond donors (Lipinski definition) is 1.